The Hall–Kier alpha value is -1.02. The summed E-state index contributed by atoms with van der Waals surface area (Å²) in [5, 5.41) is 13.4. The molecule has 1 fully saturated rings. The van der Waals surface area contributed by atoms with Crippen molar-refractivity contribution < 1.29 is 5.11 Å². The molecular weight excluding hydrogens is 222 g/mol. The molecule has 18 heavy (non-hydrogen) atoms. The Kier molecular flexibility index (Phi) is 3.06. The number of aromatic hydroxyl groups is 1. The van der Waals surface area contributed by atoms with E-state index in [1.54, 1.807) is 0 Å². The number of piperidine rings is 1. The second-order valence-corrected chi connectivity index (χ2v) is 5.94. The monoisotopic (exact) mass is 245 g/mol. The molecule has 2 heteroatoms. The van der Waals surface area contributed by atoms with Crippen molar-refractivity contribution in [1.29, 1.82) is 0 Å². The summed E-state index contributed by atoms with van der Waals surface area (Å²) in [5.41, 5.74) is 3.24. The number of aryl methyl sites for hydroxylation is 1. The predicted octanol–water partition coefficient (Wildman–Crippen LogP) is 2.99. The van der Waals surface area contributed by atoms with Gasteiger partial charge in [0.05, 0.1) is 0 Å². The second-order valence-electron chi connectivity index (χ2n) is 5.94. The molecule has 0 spiro atoms. The molecule has 2 nitrogen and oxygen atoms in total. The van der Waals surface area contributed by atoms with Gasteiger partial charge < -0.3 is 10.4 Å². The molecule has 2 aliphatic rings. The van der Waals surface area contributed by atoms with Crippen molar-refractivity contribution in [1.82, 2.24) is 5.32 Å². The highest BCUT2D eigenvalue weighted by Gasteiger charge is 2.44. The predicted molar refractivity (Wildman–Crippen MR) is 74.0 cm³/mol. The minimum atomic E-state index is 0.326. The third-order valence-corrected chi connectivity index (χ3v) is 5.01. The normalized spacial score (nSPS) is 30.6. The molecule has 0 saturated carbocycles. The van der Waals surface area contributed by atoms with Crippen LogP contribution < -0.4 is 5.32 Å². The van der Waals surface area contributed by atoms with Gasteiger partial charge in [-0.2, -0.15) is 0 Å². The maximum absolute atomic E-state index is 9.85. The van der Waals surface area contributed by atoms with Gasteiger partial charge in [0.1, 0.15) is 5.75 Å². The van der Waals surface area contributed by atoms with Crippen LogP contribution in [-0.4, -0.2) is 18.2 Å². The van der Waals surface area contributed by atoms with Crippen molar-refractivity contribution in [2.45, 2.75) is 44.4 Å². The average molecular weight is 245 g/mol. The molecule has 2 atom stereocenters. The van der Waals surface area contributed by atoms with E-state index in [0.29, 0.717) is 11.2 Å². The van der Waals surface area contributed by atoms with Crippen molar-refractivity contribution in [2.24, 2.45) is 5.92 Å². The first-order chi connectivity index (χ1) is 8.76. The number of phenols is 1. The summed E-state index contributed by atoms with van der Waals surface area (Å²) in [7, 11) is 0. The molecule has 0 amide bonds. The maximum Gasteiger partial charge on any atom is 0.115 e. The lowest BCUT2D eigenvalue weighted by molar-refractivity contribution is 0.160. The summed E-state index contributed by atoms with van der Waals surface area (Å²) >= 11 is 0. The van der Waals surface area contributed by atoms with Gasteiger partial charge in [-0.05, 0) is 68.0 Å². The summed E-state index contributed by atoms with van der Waals surface area (Å²) in [6.07, 6.45) is 6.18. The minimum Gasteiger partial charge on any atom is -0.508 e. The Bertz CT molecular complexity index is 439. The minimum absolute atomic E-state index is 0.326. The number of hydrogen-bond donors (Lipinski definition) is 2. The van der Waals surface area contributed by atoms with E-state index in [4.69, 9.17) is 0 Å². The first-order valence-electron chi connectivity index (χ1n) is 7.29. The van der Waals surface area contributed by atoms with Crippen molar-refractivity contribution in [3.8, 4) is 5.75 Å². The van der Waals surface area contributed by atoms with E-state index in [2.05, 4.69) is 18.3 Å². The second kappa shape index (κ2) is 4.58. The molecule has 1 heterocycles. The zero-order chi connectivity index (χ0) is 12.6. The first kappa shape index (κ1) is 12.0. The molecule has 1 saturated heterocycles. The Morgan fingerprint density at radius 2 is 2.33 bits per heavy atom. The summed E-state index contributed by atoms with van der Waals surface area (Å²) < 4.78 is 0. The molecule has 0 radical (unpaired) electrons. The van der Waals surface area contributed by atoms with E-state index in [-0.39, 0.29) is 0 Å². The van der Waals surface area contributed by atoms with Gasteiger partial charge in [0.2, 0.25) is 0 Å². The van der Waals surface area contributed by atoms with Crippen LogP contribution in [0.5, 0.6) is 5.75 Å². The molecule has 1 aromatic rings. The smallest absolute Gasteiger partial charge is 0.115 e. The summed E-state index contributed by atoms with van der Waals surface area (Å²) in [5.74, 6) is 1.18. The molecule has 0 aromatic heterocycles. The summed E-state index contributed by atoms with van der Waals surface area (Å²) in [6, 6.07) is 6.03. The molecular formula is C16H23NO. The first-order valence-corrected chi connectivity index (χ1v) is 7.29. The van der Waals surface area contributed by atoms with E-state index in [1.165, 1.54) is 43.2 Å². The summed E-state index contributed by atoms with van der Waals surface area (Å²) in [6.45, 7) is 4.55. The van der Waals surface area contributed by atoms with Gasteiger partial charge in [0, 0.05) is 5.41 Å². The Morgan fingerprint density at radius 1 is 1.44 bits per heavy atom. The van der Waals surface area contributed by atoms with Crippen LogP contribution in [0.2, 0.25) is 0 Å². The zero-order valence-electron chi connectivity index (χ0n) is 11.2. The fraction of sp³-hybridized carbons (Fsp3) is 0.625. The molecule has 2 N–H and O–H groups in total. The molecule has 1 aliphatic heterocycles. The van der Waals surface area contributed by atoms with Crippen LogP contribution in [0.15, 0.2) is 18.2 Å². The molecule has 0 bridgehead atoms. The van der Waals surface area contributed by atoms with Crippen LogP contribution in [0.3, 0.4) is 0 Å². The molecule has 1 aromatic carbocycles. The molecule has 3 rings (SSSR count). The van der Waals surface area contributed by atoms with Gasteiger partial charge in [-0.1, -0.05) is 19.4 Å². The number of benzene rings is 1. The lowest BCUT2D eigenvalue weighted by atomic mass is 9.58. The third-order valence-electron chi connectivity index (χ3n) is 5.01. The Balaban J connectivity index is 2.10. The lowest BCUT2D eigenvalue weighted by Crippen LogP contribution is -2.50. The molecule has 98 valence electrons. The Labute approximate surface area is 109 Å². The van der Waals surface area contributed by atoms with E-state index in [0.717, 1.165) is 19.0 Å². The maximum atomic E-state index is 9.85. The highest BCUT2D eigenvalue weighted by Crippen LogP contribution is 2.49. The zero-order valence-corrected chi connectivity index (χ0v) is 11.2. The van der Waals surface area contributed by atoms with Crippen LogP contribution in [0, 0.1) is 5.92 Å². The van der Waals surface area contributed by atoms with Crippen LogP contribution >= 0.6 is 0 Å². The summed E-state index contributed by atoms with van der Waals surface area (Å²) in [4.78, 5) is 0. The third kappa shape index (κ3) is 1.74. The van der Waals surface area contributed by atoms with Crippen LogP contribution in [-0.2, 0) is 11.8 Å². The lowest BCUT2D eigenvalue weighted by Gasteiger charge is -2.49. The van der Waals surface area contributed by atoms with Gasteiger partial charge in [0.15, 0.2) is 0 Å². The highest BCUT2D eigenvalue weighted by atomic mass is 16.3. The van der Waals surface area contributed by atoms with Gasteiger partial charge in [-0.15, -0.1) is 0 Å². The molecule has 1 aliphatic carbocycles. The molecule has 2 unspecified atom stereocenters. The number of rotatable bonds is 2. The average Bonchev–Trinajstić information content (AvgIpc) is 2.39. The van der Waals surface area contributed by atoms with Crippen LogP contribution in [0.1, 0.15) is 43.7 Å². The van der Waals surface area contributed by atoms with Crippen LogP contribution in [0.25, 0.3) is 0 Å². The fourth-order valence-corrected chi connectivity index (χ4v) is 4.21. The Morgan fingerprint density at radius 3 is 3.17 bits per heavy atom. The van der Waals surface area contributed by atoms with E-state index < -0.39 is 0 Å². The SMILES string of the molecule is CCCC12CCNCC1CCc1ccc(O)cc12. The van der Waals surface area contributed by atoms with Crippen molar-refractivity contribution in [3.63, 3.8) is 0 Å². The van der Waals surface area contributed by atoms with Crippen molar-refractivity contribution in [3.05, 3.63) is 29.3 Å². The highest BCUT2D eigenvalue weighted by molar-refractivity contribution is 5.43. The van der Waals surface area contributed by atoms with E-state index >= 15 is 0 Å². The quantitative estimate of drug-likeness (QED) is 0.839. The van der Waals surface area contributed by atoms with Gasteiger partial charge in [-0.3, -0.25) is 0 Å². The number of phenolic OH excluding ortho intramolecular Hbond substituents is 1. The van der Waals surface area contributed by atoms with E-state index in [9.17, 15) is 5.11 Å². The van der Waals surface area contributed by atoms with Gasteiger partial charge in [0.25, 0.3) is 0 Å². The number of hydrogen-bond acceptors (Lipinski definition) is 2. The van der Waals surface area contributed by atoms with Crippen LogP contribution in [0.4, 0.5) is 0 Å². The van der Waals surface area contributed by atoms with Gasteiger partial charge >= 0.3 is 0 Å². The number of nitrogens with one attached hydrogen (secondary N) is 1. The topological polar surface area (TPSA) is 32.3 Å². The van der Waals surface area contributed by atoms with Crippen molar-refractivity contribution in [2.75, 3.05) is 13.1 Å². The standard InChI is InChI=1S/C16H23NO/c1-2-7-16-8-9-17-11-13(16)5-3-12-4-6-14(18)10-15(12)16/h4,6,10,13,17-18H,2-3,5,7-9,11H2,1H3. The van der Waals surface area contributed by atoms with Gasteiger partial charge in [-0.25, -0.2) is 0 Å². The van der Waals surface area contributed by atoms with E-state index in [1.807, 2.05) is 12.1 Å². The number of fused-ring (bicyclic) bond motifs is 3. The van der Waals surface area contributed by atoms with Crippen molar-refractivity contribution >= 4 is 0 Å². The fourth-order valence-electron chi connectivity index (χ4n) is 4.21. The largest absolute Gasteiger partial charge is 0.508 e.